The molecular formula is C14H15N. The van der Waals surface area contributed by atoms with Gasteiger partial charge in [-0.05, 0) is 24.6 Å². The number of benzene rings is 1. The third-order valence-corrected chi connectivity index (χ3v) is 2.58. The first-order chi connectivity index (χ1) is 7.33. The zero-order valence-corrected chi connectivity index (χ0v) is 8.98. The van der Waals surface area contributed by atoms with Gasteiger partial charge in [-0.3, -0.25) is 0 Å². The minimum atomic E-state index is 0.864. The van der Waals surface area contributed by atoms with Crippen molar-refractivity contribution in [1.82, 2.24) is 4.57 Å². The second-order valence-corrected chi connectivity index (χ2v) is 3.63. The highest BCUT2D eigenvalue weighted by Gasteiger charge is 2.04. The Balaban J connectivity index is 2.49. The van der Waals surface area contributed by atoms with Crippen LogP contribution >= 0.6 is 0 Å². The predicted octanol–water partition coefficient (Wildman–Crippen LogP) is 3.65. The summed E-state index contributed by atoms with van der Waals surface area (Å²) in [5.41, 5.74) is 3.79. The Kier molecular flexibility index (Phi) is 2.72. The number of nitrogens with zero attached hydrogens (tertiary/aromatic N) is 1. The summed E-state index contributed by atoms with van der Waals surface area (Å²) in [5.74, 6) is 0. The zero-order chi connectivity index (χ0) is 10.7. The highest BCUT2D eigenvalue weighted by atomic mass is 15.0. The molecule has 0 aliphatic heterocycles. The van der Waals surface area contributed by atoms with E-state index < -0.39 is 0 Å². The van der Waals surface area contributed by atoms with Crippen LogP contribution in [0.5, 0.6) is 0 Å². The molecule has 0 aliphatic rings. The lowest BCUT2D eigenvalue weighted by molar-refractivity contribution is 0.807. The van der Waals surface area contributed by atoms with Gasteiger partial charge in [0, 0.05) is 17.9 Å². The van der Waals surface area contributed by atoms with E-state index in [1.54, 1.807) is 0 Å². The summed E-state index contributed by atoms with van der Waals surface area (Å²) >= 11 is 0. The number of allylic oxidation sites excluding steroid dienone is 1. The first-order valence-corrected chi connectivity index (χ1v) is 5.15. The topological polar surface area (TPSA) is 4.93 Å². The van der Waals surface area contributed by atoms with Crippen molar-refractivity contribution < 1.29 is 0 Å². The Morgan fingerprint density at radius 1 is 1.13 bits per heavy atom. The van der Waals surface area contributed by atoms with Crippen LogP contribution in [0.25, 0.3) is 11.3 Å². The maximum absolute atomic E-state index is 3.79. The van der Waals surface area contributed by atoms with Gasteiger partial charge in [-0.15, -0.1) is 6.58 Å². The first-order valence-electron chi connectivity index (χ1n) is 5.15. The minimum Gasteiger partial charge on any atom is -0.341 e. The summed E-state index contributed by atoms with van der Waals surface area (Å²) in [7, 11) is 0. The molecule has 0 N–H and O–H groups in total. The summed E-state index contributed by atoms with van der Waals surface area (Å²) in [6.45, 7) is 6.78. The quantitative estimate of drug-likeness (QED) is 0.662. The Labute approximate surface area is 90.7 Å². The van der Waals surface area contributed by atoms with Crippen LogP contribution in [-0.2, 0) is 6.54 Å². The third kappa shape index (κ3) is 1.86. The Morgan fingerprint density at radius 2 is 1.87 bits per heavy atom. The van der Waals surface area contributed by atoms with Crippen molar-refractivity contribution in [3.05, 3.63) is 60.8 Å². The Bertz CT molecular complexity index is 451. The summed E-state index contributed by atoms with van der Waals surface area (Å²) in [6.07, 6.45) is 1.93. The predicted molar refractivity (Wildman–Crippen MR) is 64.8 cm³/mol. The van der Waals surface area contributed by atoms with E-state index in [9.17, 15) is 0 Å². The molecule has 1 heteroatoms. The molecule has 2 aromatic rings. The first kappa shape index (κ1) is 9.78. The van der Waals surface area contributed by atoms with Gasteiger partial charge in [-0.25, -0.2) is 0 Å². The fraction of sp³-hybridized carbons (Fsp3) is 0.143. The fourth-order valence-corrected chi connectivity index (χ4v) is 1.80. The molecule has 1 nitrogen and oxygen atoms in total. The summed E-state index contributed by atoms with van der Waals surface area (Å²) < 4.78 is 2.27. The molecule has 2 rings (SSSR count). The highest BCUT2D eigenvalue weighted by Crippen LogP contribution is 2.21. The van der Waals surface area contributed by atoms with Gasteiger partial charge in [0.05, 0.1) is 0 Å². The molecular weight excluding hydrogens is 182 g/mol. The van der Waals surface area contributed by atoms with Gasteiger partial charge in [0.2, 0.25) is 0 Å². The van der Waals surface area contributed by atoms with Gasteiger partial charge in [0.1, 0.15) is 0 Å². The molecule has 0 saturated heterocycles. The van der Waals surface area contributed by atoms with Crippen molar-refractivity contribution in [1.29, 1.82) is 0 Å². The number of aryl methyl sites for hydroxylation is 1. The zero-order valence-electron chi connectivity index (χ0n) is 8.98. The van der Waals surface area contributed by atoms with Gasteiger partial charge in [0.15, 0.2) is 0 Å². The molecule has 0 amide bonds. The molecule has 0 bridgehead atoms. The summed E-state index contributed by atoms with van der Waals surface area (Å²) in [6, 6.07) is 14.7. The lowest BCUT2D eigenvalue weighted by Gasteiger charge is -2.08. The van der Waals surface area contributed by atoms with Crippen LogP contribution in [0.4, 0.5) is 0 Å². The van der Waals surface area contributed by atoms with Crippen LogP contribution in [0.1, 0.15) is 5.69 Å². The maximum Gasteiger partial charge on any atom is 0.0485 e. The van der Waals surface area contributed by atoms with Crippen LogP contribution in [0, 0.1) is 6.92 Å². The third-order valence-electron chi connectivity index (χ3n) is 2.58. The SMILES string of the molecule is C=CCn1c(C)ccc1-c1ccccc1. The van der Waals surface area contributed by atoms with E-state index in [0.717, 1.165) is 6.54 Å². The molecule has 0 fully saturated rings. The van der Waals surface area contributed by atoms with E-state index in [2.05, 4.69) is 54.5 Å². The van der Waals surface area contributed by atoms with Gasteiger partial charge >= 0.3 is 0 Å². The second kappa shape index (κ2) is 4.18. The molecule has 1 heterocycles. The monoisotopic (exact) mass is 197 g/mol. The lowest BCUT2D eigenvalue weighted by Crippen LogP contribution is -1.99. The van der Waals surface area contributed by atoms with E-state index in [1.165, 1.54) is 17.0 Å². The molecule has 0 radical (unpaired) electrons. The highest BCUT2D eigenvalue weighted by molar-refractivity contribution is 5.60. The number of aromatic nitrogens is 1. The number of rotatable bonds is 3. The van der Waals surface area contributed by atoms with E-state index in [4.69, 9.17) is 0 Å². The minimum absolute atomic E-state index is 0.864. The van der Waals surface area contributed by atoms with Crippen molar-refractivity contribution in [2.45, 2.75) is 13.5 Å². The van der Waals surface area contributed by atoms with E-state index in [-0.39, 0.29) is 0 Å². The molecule has 0 aliphatic carbocycles. The number of hydrogen-bond donors (Lipinski definition) is 0. The average Bonchev–Trinajstić information content (AvgIpc) is 2.63. The standard InChI is InChI=1S/C14H15N/c1-3-11-15-12(2)9-10-14(15)13-7-5-4-6-8-13/h3-10H,1,11H2,2H3. The van der Waals surface area contributed by atoms with Crippen molar-refractivity contribution in [2.24, 2.45) is 0 Å². The summed E-state index contributed by atoms with van der Waals surface area (Å²) in [5, 5.41) is 0. The molecule has 15 heavy (non-hydrogen) atoms. The number of hydrogen-bond acceptors (Lipinski definition) is 0. The second-order valence-electron chi connectivity index (χ2n) is 3.63. The van der Waals surface area contributed by atoms with Crippen LogP contribution in [0.15, 0.2) is 55.1 Å². The maximum atomic E-state index is 3.79. The Hall–Kier alpha value is -1.76. The van der Waals surface area contributed by atoms with Crippen LogP contribution < -0.4 is 0 Å². The fourth-order valence-electron chi connectivity index (χ4n) is 1.80. The van der Waals surface area contributed by atoms with Gasteiger partial charge in [-0.2, -0.15) is 0 Å². The van der Waals surface area contributed by atoms with Crippen LogP contribution in [0.2, 0.25) is 0 Å². The van der Waals surface area contributed by atoms with Gasteiger partial charge in [-0.1, -0.05) is 36.4 Å². The normalized spacial score (nSPS) is 10.2. The van der Waals surface area contributed by atoms with Crippen LogP contribution in [-0.4, -0.2) is 4.57 Å². The lowest BCUT2D eigenvalue weighted by atomic mass is 10.1. The largest absolute Gasteiger partial charge is 0.341 e. The van der Waals surface area contributed by atoms with Crippen molar-refractivity contribution in [2.75, 3.05) is 0 Å². The van der Waals surface area contributed by atoms with Gasteiger partial charge < -0.3 is 4.57 Å². The van der Waals surface area contributed by atoms with Gasteiger partial charge in [0.25, 0.3) is 0 Å². The summed E-state index contributed by atoms with van der Waals surface area (Å²) in [4.78, 5) is 0. The molecule has 1 aromatic heterocycles. The molecule has 0 unspecified atom stereocenters. The Morgan fingerprint density at radius 3 is 2.53 bits per heavy atom. The van der Waals surface area contributed by atoms with E-state index in [1.807, 2.05) is 12.1 Å². The molecule has 0 saturated carbocycles. The van der Waals surface area contributed by atoms with Crippen LogP contribution in [0.3, 0.4) is 0 Å². The van der Waals surface area contributed by atoms with Crippen molar-refractivity contribution >= 4 is 0 Å². The smallest absolute Gasteiger partial charge is 0.0485 e. The molecule has 1 aromatic carbocycles. The van der Waals surface area contributed by atoms with Crippen molar-refractivity contribution in [3.63, 3.8) is 0 Å². The van der Waals surface area contributed by atoms with E-state index in [0.29, 0.717) is 0 Å². The molecule has 0 spiro atoms. The van der Waals surface area contributed by atoms with E-state index >= 15 is 0 Å². The molecule has 76 valence electrons. The molecule has 0 atom stereocenters. The average molecular weight is 197 g/mol. The van der Waals surface area contributed by atoms with Crippen molar-refractivity contribution in [3.8, 4) is 11.3 Å².